The summed E-state index contributed by atoms with van der Waals surface area (Å²) in [6.07, 6.45) is 3.93. The van der Waals surface area contributed by atoms with Gasteiger partial charge in [-0.05, 0) is 23.6 Å². The number of aromatic nitrogens is 1. The van der Waals surface area contributed by atoms with Crippen LogP contribution in [0, 0.1) is 0 Å². The van der Waals surface area contributed by atoms with Crippen LogP contribution in [-0.2, 0) is 11.2 Å². The van der Waals surface area contributed by atoms with Gasteiger partial charge in [-0.2, -0.15) is 0 Å². The Morgan fingerprint density at radius 3 is 2.47 bits per heavy atom. The van der Waals surface area contributed by atoms with Crippen LogP contribution in [-0.4, -0.2) is 18.1 Å². The van der Waals surface area contributed by atoms with Gasteiger partial charge in [-0.25, -0.2) is 4.79 Å². The molecule has 0 amide bonds. The summed E-state index contributed by atoms with van der Waals surface area (Å²) in [6, 6.07) is 11.8. The van der Waals surface area contributed by atoms with E-state index in [-0.39, 0.29) is 5.97 Å². The zero-order valence-corrected chi connectivity index (χ0v) is 11.6. The Kier molecular flexibility index (Phi) is 6.30. The van der Waals surface area contributed by atoms with Crippen LogP contribution in [0.1, 0.15) is 35.3 Å². The predicted octanol–water partition coefficient (Wildman–Crippen LogP) is 3.49. The lowest BCUT2D eigenvalue weighted by Crippen LogP contribution is -2.06. The zero-order chi connectivity index (χ0) is 14.1. The van der Waals surface area contributed by atoms with Crippen molar-refractivity contribution in [1.82, 2.24) is 4.98 Å². The number of carbonyl (C=O) groups excluding carboxylic acids is 1. The number of rotatable bonds is 3. The third-order valence-electron chi connectivity index (χ3n) is 2.55. The number of nitrogens with zero attached hydrogens (tertiary/aromatic N) is 1. The summed E-state index contributed by atoms with van der Waals surface area (Å²) < 4.78 is 4.74. The molecule has 1 aromatic carbocycles. The van der Waals surface area contributed by atoms with E-state index in [1.165, 1.54) is 7.11 Å². The molecule has 100 valence electrons. The van der Waals surface area contributed by atoms with E-state index >= 15 is 0 Å². The third kappa shape index (κ3) is 4.21. The Hall–Kier alpha value is -2.16. The fraction of sp³-hybridized carbons (Fsp3) is 0.250. The van der Waals surface area contributed by atoms with E-state index in [1.54, 1.807) is 12.4 Å². The first-order valence-corrected chi connectivity index (χ1v) is 6.36. The quantitative estimate of drug-likeness (QED) is 0.790. The van der Waals surface area contributed by atoms with Gasteiger partial charge in [0.25, 0.3) is 0 Å². The molecule has 0 N–H and O–H groups in total. The van der Waals surface area contributed by atoms with Crippen molar-refractivity contribution < 1.29 is 9.53 Å². The lowest BCUT2D eigenvalue weighted by molar-refractivity contribution is 0.0599. The molecule has 2 rings (SSSR count). The second-order valence-electron chi connectivity index (χ2n) is 3.69. The molecule has 0 fully saturated rings. The second kappa shape index (κ2) is 8.03. The summed E-state index contributed by atoms with van der Waals surface area (Å²) in [6.45, 7) is 4.00. The SMILES string of the molecule is CC.COC(=O)c1cnccc1Cc1ccccc1. The number of ether oxygens (including phenoxy) is 1. The topological polar surface area (TPSA) is 39.2 Å². The zero-order valence-electron chi connectivity index (χ0n) is 11.6. The van der Waals surface area contributed by atoms with Gasteiger partial charge in [0.05, 0.1) is 12.7 Å². The molecule has 0 aliphatic carbocycles. The maximum Gasteiger partial charge on any atom is 0.339 e. The van der Waals surface area contributed by atoms with Crippen molar-refractivity contribution in [2.45, 2.75) is 20.3 Å². The molecule has 0 saturated carbocycles. The van der Waals surface area contributed by atoms with Crippen molar-refractivity contribution in [1.29, 1.82) is 0 Å². The summed E-state index contributed by atoms with van der Waals surface area (Å²) in [7, 11) is 1.38. The molecular formula is C16H19NO2. The van der Waals surface area contributed by atoms with Crippen molar-refractivity contribution in [2.24, 2.45) is 0 Å². The highest BCUT2D eigenvalue weighted by Crippen LogP contribution is 2.14. The van der Waals surface area contributed by atoms with Gasteiger partial charge < -0.3 is 4.74 Å². The maximum absolute atomic E-state index is 11.6. The monoisotopic (exact) mass is 257 g/mol. The lowest BCUT2D eigenvalue weighted by Gasteiger charge is -2.06. The first kappa shape index (κ1) is 14.9. The Bertz CT molecular complexity index is 509. The van der Waals surface area contributed by atoms with Crippen molar-refractivity contribution in [2.75, 3.05) is 7.11 Å². The highest BCUT2D eigenvalue weighted by atomic mass is 16.5. The average molecular weight is 257 g/mol. The number of pyridine rings is 1. The Balaban J connectivity index is 0.000000861. The van der Waals surface area contributed by atoms with Gasteiger partial charge in [-0.15, -0.1) is 0 Å². The molecule has 0 bridgehead atoms. The van der Waals surface area contributed by atoms with E-state index in [9.17, 15) is 4.79 Å². The van der Waals surface area contributed by atoms with Crippen molar-refractivity contribution in [3.8, 4) is 0 Å². The third-order valence-corrected chi connectivity index (χ3v) is 2.55. The van der Waals surface area contributed by atoms with Crippen LogP contribution >= 0.6 is 0 Å². The second-order valence-corrected chi connectivity index (χ2v) is 3.69. The standard InChI is InChI=1S/C14H13NO2.C2H6/c1-17-14(16)13-10-15-8-7-12(13)9-11-5-3-2-4-6-11;1-2/h2-8,10H,9H2,1H3;1-2H3. The predicted molar refractivity (Wildman–Crippen MR) is 76.2 cm³/mol. The minimum atomic E-state index is -0.343. The molecule has 0 aliphatic rings. The van der Waals surface area contributed by atoms with Gasteiger partial charge in [0, 0.05) is 12.4 Å². The highest BCUT2D eigenvalue weighted by molar-refractivity contribution is 5.90. The van der Waals surface area contributed by atoms with Crippen LogP contribution in [0.25, 0.3) is 0 Å². The largest absolute Gasteiger partial charge is 0.465 e. The summed E-state index contributed by atoms with van der Waals surface area (Å²) in [4.78, 5) is 15.5. The van der Waals surface area contributed by atoms with E-state index in [1.807, 2.05) is 50.2 Å². The molecule has 0 atom stereocenters. The van der Waals surface area contributed by atoms with Gasteiger partial charge in [-0.1, -0.05) is 44.2 Å². The van der Waals surface area contributed by atoms with Gasteiger partial charge in [0.2, 0.25) is 0 Å². The van der Waals surface area contributed by atoms with Crippen LogP contribution < -0.4 is 0 Å². The molecule has 1 aromatic heterocycles. The number of methoxy groups -OCH3 is 1. The van der Waals surface area contributed by atoms with E-state index in [0.29, 0.717) is 12.0 Å². The van der Waals surface area contributed by atoms with E-state index < -0.39 is 0 Å². The smallest absolute Gasteiger partial charge is 0.339 e. The molecule has 0 unspecified atom stereocenters. The molecule has 0 radical (unpaired) electrons. The molecule has 1 heterocycles. The number of benzene rings is 1. The summed E-state index contributed by atoms with van der Waals surface area (Å²) in [5.41, 5.74) is 2.61. The van der Waals surface area contributed by atoms with Gasteiger partial charge in [-0.3, -0.25) is 4.98 Å². The van der Waals surface area contributed by atoms with E-state index in [0.717, 1.165) is 11.1 Å². The van der Waals surface area contributed by atoms with Crippen LogP contribution in [0.15, 0.2) is 48.8 Å². The summed E-state index contributed by atoms with van der Waals surface area (Å²) in [5.74, 6) is -0.343. The molecule has 3 nitrogen and oxygen atoms in total. The van der Waals surface area contributed by atoms with Gasteiger partial charge in [0.15, 0.2) is 0 Å². The summed E-state index contributed by atoms with van der Waals surface area (Å²) in [5, 5.41) is 0. The molecule has 0 aliphatic heterocycles. The lowest BCUT2D eigenvalue weighted by atomic mass is 10.0. The fourth-order valence-corrected chi connectivity index (χ4v) is 1.69. The Morgan fingerprint density at radius 2 is 1.84 bits per heavy atom. The Morgan fingerprint density at radius 1 is 1.16 bits per heavy atom. The number of carbonyl (C=O) groups is 1. The van der Waals surface area contributed by atoms with Gasteiger partial charge >= 0.3 is 5.97 Å². The summed E-state index contributed by atoms with van der Waals surface area (Å²) >= 11 is 0. The molecular weight excluding hydrogens is 238 g/mol. The number of hydrogen-bond acceptors (Lipinski definition) is 3. The Labute approximate surface area is 114 Å². The number of hydrogen-bond donors (Lipinski definition) is 0. The van der Waals surface area contributed by atoms with E-state index in [2.05, 4.69) is 4.98 Å². The molecule has 0 spiro atoms. The first-order chi connectivity index (χ1) is 9.31. The minimum Gasteiger partial charge on any atom is -0.465 e. The normalized spacial score (nSPS) is 9.21. The van der Waals surface area contributed by atoms with Crippen molar-refractivity contribution >= 4 is 5.97 Å². The molecule has 3 heteroatoms. The van der Waals surface area contributed by atoms with Crippen molar-refractivity contribution in [3.63, 3.8) is 0 Å². The molecule has 2 aromatic rings. The van der Waals surface area contributed by atoms with Crippen molar-refractivity contribution in [3.05, 3.63) is 65.5 Å². The van der Waals surface area contributed by atoms with Crippen LogP contribution in [0.3, 0.4) is 0 Å². The first-order valence-electron chi connectivity index (χ1n) is 6.36. The van der Waals surface area contributed by atoms with E-state index in [4.69, 9.17) is 4.74 Å². The molecule has 19 heavy (non-hydrogen) atoms. The van der Waals surface area contributed by atoms with Crippen LogP contribution in [0.4, 0.5) is 0 Å². The molecule has 0 saturated heterocycles. The average Bonchev–Trinajstić information content (AvgIpc) is 2.50. The van der Waals surface area contributed by atoms with Gasteiger partial charge in [0.1, 0.15) is 0 Å². The number of esters is 1. The maximum atomic E-state index is 11.6. The van der Waals surface area contributed by atoms with Crippen LogP contribution in [0.2, 0.25) is 0 Å². The minimum absolute atomic E-state index is 0.343. The fourth-order valence-electron chi connectivity index (χ4n) is 1.69. The van der Waals surface area contributed by atoms with Crippen LogP contribution in [0.5, 0.6) is 0 Å². The highest BCUT2D eigenvalue weighted by Gasteiger charge is 2.11.